The Balaban J connectivity index is 1.96. The number of halogens is 3. The fourth-order valence-corrected chi connectivity index (χ4v) is 4.02. The first-order chi connectivity index (χ1) is 14.7. The molecule has 0 heterocycles. The van der Waals surface area contributed by atoms with E-state index in [-0.39, 0.29) is 24.3 Å². The van der Waals surface area contributed by atoms with Crippen LogP contribution in [0.25, 0.3) is 0 Å². The number of hydrogen-bond acceptors (Lipinski definition) is 3. The van der Waals surface area contributed by atoms with Crippen molar-refractivity contribution in [2.75, 3.05) is 7.11 Å². The van der Waals surface area contributed by atoms with Crippen molar-refractivity contribution < 1.29 is 27.4 Å². The summed E-state index contributed by atoms with van der Waals surface area (Å²) in [6, 6.07) is 10.3. The van der Waals surface area contributed by atoms with Crippen molar-refractivity contribution >= 4 is 5.91 Å². The first-order valence-electron chi connectivity index (χ1n) is 10.5. The molecule has 0 atom stereocenters. The van der Waals surface area contributed by atoms with E-state index in [1.165, 1.54) is 18.2 Å². The quantitative estimate of drug-likeness (QED) is 0.529. The molecule has 31 heavy (non-hydrogen) atoms. The van der Waals surface area contributed by atoms with E-state index < -0.39 is 17.6 Å². The first-order valence-corrected chi connectivity index (χ1v) is 10.5. The number of nitrogens with zero attached hydrogens (tertiary/aromatic N) is 1. The van der Waals surface area contributed by atoms with Gasteiger partial charge in [0, 0.05) is 12.6 Å². The third kappa shape index (κ3) is 5.51. The van der Waals surface area contributed by atoms with Crippen LogP contribution in [0.1, 0.15) is 61.0 Å². The molecule has 0 saturated heterocycles. The van der Waals surface area contributed by atoms with Gasteiger partial charge in [0.1, 0.15) is 0 Å². The Labute approximate surface area is 181 Å². The molecule has 0 unspecified atom stereocenters. The molecule has 1 amide bonds. The van der Waals surface area contributed by atoms with Crippen molar-refractivity contribution in [2.45, 2.75) is 64.4 Å². The minimum Gasteiger partial charge on any atom is -0.493 e. The number of rotatable bonds is 7. The fourth-order valence-electron chi connectivity index (χ4n) is 4.02. The van der Waals surface area contributed by atoms with Crippen molar-refractivity contribution in [1.29, 1.82) is 0 Å². The maximum Gasteiger partial charge on any atom is 0.417 e. The number of hydrogen-bond donors (Lipinski definition) is 0. The summed E-state index contributed by atoms with van der Waals surface area (Å²) in [7, 11) is 1.55. The van der Waals surface area contributed by atoms with Crippen LogP contribution in [0.3, 0.4) is 0 Å². The molecular weight excluding hydrogens is 407 g/mol. The highest BCUT2D eigenvalue weighted by atomic mass is 19.4. The molecule has 1 aliphatic carbocycles. The summed E-state index contributed by atoms with van der Waals surface area (Å²) in [6.45, 7) is 4.00. The van der Waals surface area contributed by atoms with Crippen molar-refractivity contribution in [1.82, 2.24) is 4.90 Å². The molecule has 0 radical (unpaired) electrons. The van der Waals surface area contributed by atoms with Crippen LogP contribution >= 0.6 is 0 Å². The van der Waals surface area contributed by atoms with Gasteiger partial charge in [-0.1, -0.05) is 31.0 Å². The lowest BCUT2D eigenvalue weighted by atomic mass is 10.0. The van der Waals surface area contributed by atoms with E-state index in [1.807, 2.05) is 19.9 Å². The van der Waals surface area contributed by atoms with Gasteiger partial charge in [-0.2, -0.15) is 13.2 Å². The summed E-state index contributed by atoms with van der Waals surface area (Å²) >= 11 is 0. The minimum atomic E-state index is -4.59. The molecule has 0 spiro atoms. The largest absolute Gasteiger partial charge is 0.493 e. The van der Waals surface area contributed by atoms with Crippen LogP contribution in [0.2, 0.25) is 0 Å². The lowest BCUT2D eigenvalue weighted by Gasteiger charge is -2.30. The van der Waals surface area contributed by atoms with E-state index in [4.69, 9.17) is 9.47 Å². The van der Waals surface area contributed by atoms with E-state index in [9.17, 15) is 18.0 Å². The number of amides is 1. The molecule has 3 rings (SSSR count). The Bertz CT molecular complexity index is 905. The average molecular weight is 435 g/mol. The van der Waals surface area contributed by atoms with Crippen LogP contribution in [-0.2, 0) is 12.7 Å². The second-order valence-electron chi connectivity index (χ2n) is 8.07. The predicted octanol–water partition coefficient (Wildman–Crippen LogP) is 6.09. The zero-order valence-electron chi connectivity index (χ0n) is 18.0. The Kier molecular flexibility index (Phi) is 7.13. The molecule has 168 valence electrons. The van der Waals surface area contributed by atoms with Gasteiger partial charge in [0.2, 0.25) is 0 Å². The van der Waals surface area contributed by atoms with Crippen LogP contribution in [0, 0.1) is 0 Å². The van der Waals surface area contributed by atoms with Gasteiger partial charge in [0.25, 0.3) is 5.91 Å². The van der Waals surface area contributed by atoms with Crippen LogP contribution in [0.4, 0.5) is 13.2 Å². The monoisotopic (exact) mass is 435 g/mol. The molecule has 1 saturated carbocycles. The van der Waals surface area contributed by atoms with Crippen molar-refractivity contribution in [3.63, 3.8) is 0 Å². The Morgan fingerprint density at radius 1 is 1.10 bits per heavy atom. The van der Waals surface area contributed by atoms with Crippen LogP contribution in [-0.4, -0.2) is 30.1 Å². The van der Waals surface area contributed by atoms with Crippen LogP contribution in [0.15, 0.2) is 42.5 Å². The molecule has 4 nitrogen and oxygen atoms in total. The molecule has 1 aliphatic rings. The Morgan fingerprint density at radius 3 is 2.39 bits per heavy atom. The Hall–Kier alpha value is -2.70. The zero-order valence-corrected chi connectivity index (χ0v) is 18.0. The molecule has 2 aromatic carbocycles. The second-order valence-corrected chi connectivity index (χ2v) is 8.07. The zero-order chi connectivity index (χ0) is 22.6. The number of benzene rings is 2. The van der Waals surface area contributed by atoms with Gasteiger partial charge in [-0.05, 0) is 56.5 Å². The highest BCUT2D eigenvalue weighted by molar-refractivity contribution is 5.96. The van der Waals surface area contributed by atoms with Gasteiger partial charge in [-0.25, -0.2) is 0 Å². The van der Waals surface area contributed by atoms with Crippen LogP contribution in [0.5, 0.6) is 11.5 Å². The molecule has 0 N–H and O–H groups in total. The van der Waals surface area contributed by atoms with Crippen molar-refractivity contribution in [2.24, 2.45) is 0 Å². The number of carbonyl (C=O) groups is 1. The topological polar surface area (TPSA) is 38.8 Å². The molecular formula is C24H28F3NO3. The summed E-state index contributed by atoms with van der Waals surface area (Å²) < 4.78 is 51.8. The third-order valence-corrected chi connectivity index (χ3v) is 5.43. The second kappa shape index (κ2) is 9.62. The van der Waals surface area contributed by atoms with Gasteiger partial charge in [-0.15, -0.1) is 0 Å². The van der Waals surface area contributed by atoms with Crippen LogP contribution < -0.4 is 9.47 Å². The summed E-state index contributed by atoms with van der Waals surface area (Å²) in [5, 5.41) is 0. The van der Waals surface area contributed by atoms with Crippen molar-refractivity contribution in [3.8, 4) is 11.5 Å². The van der Waals surface area contributed by atoms with Gasteiger partial charge in [0.15, 0.2) is 11.5 Å². The van der Waals surface area contributed by atoms with E-state index in [0.29, 0.717) is 11.5 Å². The fraction of sp³-hybridized carbons (Fsp3) is 0.458. The van der Waals surface area contributed by atoms with Crippen molar-refractivity contribution in [3.05, 3.63) is 59.2 Å². The highest BCUT2D eigenvalue weighted by Gasteiger charge is 2.37. The SMILES string of the molecule is COc1ccc(CN(C(=O)c2ccccc2C(F)(F)F)C2CCCC2)cc1OC(C)C. The molecule has 0 aliphatic heterocycles. The van der Waals surface area contributed by atoms with E-state index in [0.717, 1.165) is 37.3 Å². The van der Waals surface area contributed by atoms with E-state index >= 15 is 0 Å². The normalized spacial score (nSPS) is 14.7. The average Bonchev–Trinajstić information content (AvgIpc) is 3.25. The van der Waals surface area contributed by atoms with E-state index in [2.05, 4.69) is 0 Å². The summed E-state index contributed by atoms with van der Waals surface area (Å²) in [5.74, 6) is 0.519. The highest BCUT2D eigenvalue weighted by Crippen LogP contribution is 2.35. The lowest BCUT2D eigenvalue weighted by Crippen LogP contribution is -2.39. The lowest BCUT2D eigenvalue weighted by molar-refractivity contribution is -0.138. The maximum atomic E-state index is 13.5. The standard InChI is InChI=1S/C24H28F3NO3/c1-16(2)31-22-14-17(12-13-21(22)30-3)15-28(18-8-4-5-9-18)23(29)19-10-6-7-11-20(19)24(25,26)27/h6-7,10-14,16,18H,4-5,8-9,15H2,1-3H3. The summed E-state index contributed by atoms with van der Waals surface area (Å²) in [4.78, 5) is 14.9. The van der Waals surface area contributed by atoms with Gasteiger partial charge < -0.3 is 14.4 Å². The van der Waals surface area contributed by atoms with Gasteiger partial charge in [-0.3, -0.25) is 4.79 Å². The molecule has 7 heteroatoms. The smallest absolute Gasteiger partial charge is 0.417 e. The van der Waals surface area contributed by atoms with E-state index in [1.54, 1.807) is 24.1 Å². The summed E-state index contributed by atoms with van der Waals surface area (Å²) in [5.41, 5.74) is -0.434. The number of alkyl halides is 3. The number of methoxy groups -OCH3 is 1. The molecule has 0 bridgehead atoms. The first kappa shape index (κ1) is 23.0. The van der Waals surface area contributed by atoms with Gasteiger partial charge in [0.05, 0.1) is 24.3 Å². The molecule has 0 aromatic heterocycles. The maximum absolute atomic E-state index is 13.5. The predicted molar refractivity (Wildman–Crippen MR) is 112 cm³/mol. The number of carbonyl (C=O) groups excluding carboxylic acids is 1. The Morgan fingerprint density at radius 2 is 1.77 bits per heavy atom. The molecule has 1 fully saturated rings. The minimum absolute atomic E-state index is 0.0737. The number of ether oxygens (including phenoxy) is 2. The van der Waals surface area contributed by atoms with Gasteiger partial charge >= 0.3 is 6.18 Å². The summed E-state index contributed by atoms with van der Waals surface area (Å²) in [6.07, 6.45) is -1.18. The molecule has 2 aromatic rings. The third-order valence-electron chi connectivity index (χ3n) is 5.43.